The molecule has 0 saturated heterocycles. The van der Waals surface area contributed by atoms with Gasteiger partial charge in [-0.3, -0.25) is 4.79 Å². The molecule has 0 radical (unpaired) electrons. The number of azo groups is 1. The van der Waals surface area contributed by atoms with E-state index in [4.69, 9.17) is 0 Å². The zero-order valence-corrected chi connectivity index (χ0v) is 12.3. The Labute approximate surface area is 128 Å². The van der Waals surface area contributed by atoms with E-state index in [0.29, 0.717) is 16.6 Å². The number of halogens is 1. The highest BCUT2D eigenvalue weighted by atomic mass is 32.1. The number of carbonyl (C=O) groups excluding carboxylic acids is 1. The van der Waals surface area contributed by atoms with Crippen molar-refractivity contribution >= 4 is 33.8 Å². The van der Waals surface area contributed by atoms with Crippen LogP contribution in [0.4, 0.5) is 10.1 Å². The van der Waals surface area contributed by atoms with Crippen molar-refractivity contribution in [3.05, 3.63) is 40.1 Å². The summed E-state index contributed by atoms with van der Waals surface area (Å²) in [4.78, 5) is 18.6. The number of nitrogens with one attached hydrogen (secondary N) is 1. The van der Waals surface area contributed by atoms with Gasteiger partial charge in [-0.15, -0.1) is 21.6 Å². The predicted octanol–water partition coefficient (Wildman–Crippen LogP) is 3.63. The lowest BCUT2D eigenvalue weighted by molar-refractivity contribution is -0.117. The monoisotopic (exact) mass is 318 g/mol. The van der Waals surface area contributed by atoms with Crippen molar-refractivity contribution in [1.82, 2.24) is 9.97 Å². The number of rotatable bonds is 3. The lowest BCUT2D eigenvalue weighted by Crippen LogP contribution is -1.98. The summed E-state index contributed by atoms with van der Waals surface area (Å²) in [5.41, 5.74) is 1.17. The fourth-order valence-corrected chi connectivity index (χ4v) is 2.64. The third kappa shape index (κ3) is 2.86. The molecule has 3 aromatic rings. The molecule has 8 heteroatoms. The Morgan fingerprint density at radius 3 is 3.05 bits per heavy atom. The molecule has 2 N–H and O–H groups in total. The standard InChI is InChI=1S/C14H11FN4O2S/c1-7-16-9(6-22-7)5-12(20)18-19-13-10-4-8(15)2-3-11(10)17-14(13)21/h2-4,6,17,21H,5H2,1H3. The van der Waals surface area contributed by atoms with Gasteiger partial charge >= 0.3 is 0 Å². The third-order valence-electron chi connectivity index (χ3n) is 2.97. The minimum absolute atomic E-state index is 0.0331. The first-order chi connectivity index (χ1) is 10.5. The van der Waals surface area contributed by atoms with Gasteiger partial charge in [0.1, 0.15) is 5.82 Å². The van der Waals surface area contributed by atoms with E-state index in [0.717, 1.165) is 5.01 Å². The van der Waals surface area contributed by atoms with Gasteiger partial charge in [0.15, 0.2) is 5.69 Å². The van der Waals surface area contributed by atoms with E-state index < -0.39 is 11.7 Å². The molecule has 1 aromatic carbocycles. The van der Waals surface area contributed by atoms with E-state index >= 15 is 0 Å². The maximum absolute atomic E-state index is 13.3. The van der Waals surface area contributed by atoms with Gasteiger partial charge in [-0.2, -0.15) is 0 Å². The molecular formula is C14H11FN4O2S. The molecule has 2 aromatic heterocycles. The number of fused-ring (bicyclic) bond motifs is 1. The van der Waals surface area contributed by atoms with Crippen molar-refractivity contribution < 1.29 is 14.3 Å². The SMILES string of the molecule is Cc1nc(CC(=O)N=Nc2c(O)[nH]c3ccc(F)cc23)cs1. The highest BCUT2D eigenvalue weighted by molar-refractivity contribution is 7.09. The van der Waals surface area contributed by atoms with Crippen LogP contribution in [0, 0.1) is 12.7 Å². The minimum Gasteiger partial charge on any atom is -0.493 e. The second-order valence-corrected chi connectivity index (χ2v) is 5.70. The Kier molecular flexibility index (Phi) is 3.68. The number of nitrogens with zero attached hydrogens (tertiary/aromatic N) is 3. The molecular weight excluding hydrogens is 307 g/mol. The zero-order valence-electron chi connectivity index (χ0n) is 11.5. The average molecular weight is 318 g/mol. The molecule has 0 aliphatic rings. The zero-order chi connectivity index (χ0) is 15.7. The molecule has 0 bridgehead atoms. The van der Waals surface area contributed by atoms with Crippen LogP contribution in [-0.2, 0) is 11.2 Å². The van der Waals surface area contributed by atoms with Gasteiger partial charge < -0.3 is 10.1 Å². The van der Waals surface area contributed by atoms with Crippen molar-refractivity contribution in [3.63, 3.8) is 0 Å². The van der Waals surface area contributed by atoms with E-state index in [1.54, 1.807) is 5.38 Å². The van der Waals surface area contributed by atoms with Crippen LogP contribution in [0.2, 0.25) is 0 Å². The lowest BCUT2D eigenvalue weighted by Gasteiger charge is -1.93. The molecule has 0 saturated carbocycles. The molecule has 2 heterocycles. The lowest BCUT2D eigenvalue weighted by atomic mass is 10.2. The van der Waals surface area contributed by atoms with Crippen molar-refractivity contribution in [2.24, 2.45) is 10.2 Å². The number of benzene rings is 1. The van der Waals surface area contributed by atoms with Crippen LogP contribution in [0.1, 0.15) is 10.7 Å². The number of hydrogen-bond acceptors (Lipinski definition) is 5. The van der Waals surface area contributed by atoms with Gasteiger partial charge in [0, 0.05) is 10.8 Å². The van der Waals surface area contributed by atoms with Gasteiger partial charge in [-0.1, -0.05) is 0 Å². The van der Waals surface area contributed by atoms with Crippen molar-refractivity contribution in [1.29, 1.82) is 0 Å². The van der Waals surface area contributed by atoms with Gasteiger partial charge in [0.25, 0.3) is 5.91 Å². The molecule has 0 unspecified atom stereocenters. The molecule has 22 heavy (non-hydrogen) atoms. The predicted molar refractivity (Wildman–Crippen MR) is 80.0 cm³/mol. The second-order valence-electron chi connectivity index (χ2n) is 4.64. The summed E-state index contributed by atoms with van der Waals surface area (Å²) in [6.07, 6.45) is 0.0331. The summed E-state index contributed by atoms with van der Waals surface area (Å²) in [5.74, 6) is -1.22. The second kappa shape index (κ2) is 5.64. The van der Waals surface area contributed by atoms with Crippen LogP contribution in [0.5, 0.6) is 5.88 Å². The Morgan fingerprint density at radius 1 is 1.50 bits per heavy atom. The van der Waals surface area contributed by atoms with Crippen LogP contribution < -0.4 is 0 Å². The third-order valence-corrected chi connectivity index (χ3v) is 3.80. The van der Waals surface area contributed by atoms with E-state index in [-0.39, 0.29) is 18.0 Å². The molecule has 0 spiro atoms. The summed E-state index contributed by atoms with van der Waals surface area (Å²) in [7, 11) is 0. The number of aromatic nitrogens is 2. The molecule has 0 aliphatic heterocycles. The largest absolute Gasteiger partial charge is 0.493 e. The normalized spacial score (nSPS) is 11.5. The maximum atomic E-state index is 13.3. The molecule has 0 fully saturated rings. The quantitative estimate of drug-likeness (QED) is 0.722. The minimum atomic E-state index is -0.490. The first-order valence-corrected chi connectivity index (χ1v) is 7.26. The Hall–Kier alpha value is -2.61. The number of carbonyl (C=O) groups is 1. The van der Waals surface area contributed by atoms with Gasteiger partial charge in [-0.25, -0.2) is 9.37 Å². The highest BCUT2D eigenvalue weighted by Gasteiger charge is 2.12. The van der Waals surface area contributed by atoms with Crippen LogP contribution in [0.15, 0.2) is 33.8 Å². The average Bonchev–Trinajstić information content (AvgIpc) is 2.99. The first kappa shape index (κ1) is 14.3. The Balaban J connectivity index is 1.84. The van der Waals surface area contributed by atoms with Crippen LogP contribution in [0.3, 0.4) is 0 Å². The van der Waals surface area contributed by atoms with Crippen molar-refractivity contribution in [2.45, 2.75) is 13.3 Å². The number of H-pyrrole nitrogens is 1. The van der Waals surface area contributed by atoms with Crippen LogP contribution >= 0.6 is 11.3 Å². The maximum Gasteiger partial charge on any atom is 0.270 e. The van der Waals surface area contributed by atoms with Crippen LogP contribution in [-0.4, -0.2) is 21.0 Å². The van der Waals surface area contributed by atoms with Gasteiger partial charge in [0.2, 0.25) is 5.88 Å². The number of aromatic amines is 1. The number of thiazole rings is 1. The summed E-state index contributed by atoms with van der Waals surface area (Å²) in [6, 6.07) is 3.95. The number of amides is 1. The van der Waals surface area contributed by atoms with E-state index in [1.165, 1.54) is 29.5 Å². The number of aromatic hydroxyl groups is 1. The first-order valence-electron chi connectivity index (χ1n) is 6.38. The fourth-order valence-electron chi connectivity index (χ4n) is 2.02. The Morgan fingerprint density at radius 2 is 2.32 bits per heavy atom. The fraction of sp³-hybridized carbons (Fsp3) is 0.143. The summed E-state index contributed by atoms with van der Waals surface area (Å²) in [5, 5.41) is 20.1. The topological polar surface area (TPSA) is 90.7 Å². The molecule has 1 amide bonds. The van der Waals surface area contributed by atoms with Crippen LogP contribution in [0.25, 0.3) is 10.9 Å². The molecule has 3 rings (SSSR count). The summed E-state index contributed by atoms with van der Waals surface area (Å²) < 4.78 is 13.3. The van der Waals surface area contributed by atoms with E-state index in [2.05, 4.69) is 20.2 Å². The summed E-state index contributed by atoms with van der Waals surface area (Å²) in [6.45, 7) is 1.85. The molecule has 6 nitrogen and oxygen atoms in total. The molecule has 112 valence electrons. The highest BCUT2D eigenvalue weighted by Crippen LogP contribution is 2.35. The smallest absolute Gasteiger partial charge is 0.270 e. The van der Waals surface area contributed by atoms with Gasteiger partial charge in [-0.05, 0) is 25.1 Å². The number of aryl methyl sites for hydroxylation is 1. The molecule has 0 atom stereocenters. The van der Waals surface area contributed by atoms with E-state index in [9.17, 15) is 14.3 Å². The van der Waals surface area contributed by atoms with E-state index in [1.807, 2.05) is 6.92 Å². The van der Waals surface area contributed by atoms with Crippen molar-refractivity contribution in [3.8, 4) is 5.88 Å². The Bertz CT molecular complexity index is 884. The van der Waals surface area contributed by atoms with Crippen molar-refractivity contribution in [2.75, 3.05) is 0 Å². The van der Waals surface area contributed by atoms with Gasteiger partial charge in [0.05, 0.1) is 22.6 Å². The number of hydrogen-bond donors (Lipinski definition) is 2. The molecule has 0 aliphatic carbocycles. The summed E-state index contributed by atoms with van der Waals surface area (Å²) >= 11 is 1.45.